The average molecular weight is 468 g/mol. The Kier molecular flexibility index (Phi) is 8.21. The number of allylic oxidation sites excluding steroid dienone is 2. The molecule has 34 heavy (non-hydrogen) atoms. The number of amides is 1. The van der Waals surface area contributed by atoms with Crippen molar-refractivity contribution < 1.29 is 27.8 Å². The number of aromatic nitrogens is 1. The molecule has 3 rings (SSSR count). The van der Waals surface area contributed by atoms with E-state index in [0.717, 1.165) is 17.7 Å². The summed E-state index contributed by atoms with van der Waals surface area (Å²) in [4.78, 5) is 16.3. The molecule has 5 nitrogen and oxygen atoms in total. The minimum Gasteiger partial charge on any atom is -0.494 e. The molecule has 3 aromatic rings. The Bertz CT molecular complexity index is 1170. The highest BCUT2D eigenvalue weighted by molar-refractivity contribution is 6.00. The Morgan fingerprint density at radius 3 is 2.29 bits per heavy atom. The van der Waals surface area contributed by atoms with Crippen LogP contribution in [-0.2, 0) is 17.6 Å². The van der Waals surface area contributed by atoms with Gasteiger partial charge in [0.05, 0.1) is 30.7 Å². The van der Waals surface area contributed by atoms with E-state index < -0.39 is 17.6 Å². The lowest BCUT2D eigenvalue weighted by atomic mass is 9.96. The van der Waals surface area contributed by atoms with Gasteiger partial charge in [-0.2, -0.15) is 13.2 Å². The molecular weight excluding hydrogens is 445 g/mol. The molecular formula is C26H23F3N2O3. The van der Waals surface area contributed by atoms with E-state index in [-0.39, 0.29) is 6.61 Å². The minimum absolute atomic E-state index is 0.252. The molecule has 0 aliphatic heterocycles. The van der Waals surface area contributed by atoms with Crippen molar-refractivity contribution in [2.24, 2.45) is 0 Å². The molecule has 1 aromatic heterocycles. The zero-order chi connectivity index (χ0) is 24.6. The number of halogens is 3. The number of carbonyl (C=O) groups is 1. The fourth-order valence-corrected chi connectivity index (χ4v) is 3.18. The number of rotatable bonds is 8. The summed E-state index contributed by atoms with van der Waals surface area (Å²) < 4.78 is 44.4. The van der Waals surface area contributed by atoms with Crippen molar-refractivity contribution in [3.63, 3.8) is 0 Å². The third-order valence-corrected chi connectivity index (χ3v) is 4.85. The van der Waals surface area contributed by atoms with Crippen molar-refractivity contribution in [1.82, 2.24) is 4.98 Å². The van der Waals surface area contributed by atoms with Gasteiger partial charge in [-0.05, 0) is 54.0 Å². The Hall–Kier alpha value is -3.91. The second-order valence-corrected chi connectivity index (χ2v) is 7.15. The normalized spacial score (nSPS) is 12.1. The average Bonchev–Trinajstić information content (AvgIpc) is 2.83. The van der Waals surface area contributed by atoms with Crippen molar-refractivity contribution in [1.29, 1.82) is 0 Å². The number of pyridine rings is 1. The molecule has 176 valence electrons. The van der Waals surface area contributed by atoms with Crippen LogP contribution in [0.5, 0.6) is 5.75 Å². The predicted molar refractivity (Wildman–Crippen MR) is 124 cm³/mol. The maximum absolute atomic E-state index is 13.0. The lowest BCUT2D eigenvalue weighted by Crippen LogP contribution is -2.10. The van der Waals surface area contributed by atoms with Crippen LogP contribution in [0.2, 0.25) is 0 Å². The van der Waals surface area contributed by atoms with Gasteiger partial charge in [0, 0.05) is 17.8 Å². The molecule has 8 heteroatoms. The number of nitrogens with one attached hydrogen (secondary N) is 1. The fraction of sp³-hybridized carbons (Fsp3) is 0.154. The quantitative estimate of drug-likeness (QED) is 0.333. The van der Waals surface area contributed by atoms with Crippen LogP contribution in [-0.4, -0.2) is 22.6 Å². The summed E-state index contributed by atoms with van der Waals surface area (Å²) in [6.45, 7) is 2.12. The molecule has 1 heterocycles. The van der Waals surface area contributed by atoms with Crippen LogP contribution in [0, 0.1) is 0 Å². The summed E-state index contributed by atoms with van der Waals surface area (Å²) in [5, 5.41) is 12.0. The minimum atomic E-state index is -4.43. The molecule has 0 saturated carbocycles. The third kappa shape index (κ3) is 6.55. The summed E-state index contributed by atoms with van der Waals surface area (Å²) in [7, 11) is 0. The van der Waals surface area contributed by atoms with E-state index in [1.807, 2.05) is 6.92 Å². The number of ether oxygens (including phenoxy) is 1. The van der Waals surface area contributed by atoms with Gasteiger partial charge < -0.3 is 15.2 Å². The number of hydrogen-bond acceptors (Lipinski definition) is 4. The first-order chi connectivity index (χ1) is 16.3. The fourth-order valence-electron chi connectivity index (χ4n) is 3.18. The molecule has 0 unspecified atom stereocenters. The van der Waals surface area contributed by atoms with Crippen LogP contribution in [0.25, 0.3) is 5.57 Å². The second kappa shape index (κ2) is 11.3. The maximum atomic E-state index is 13.0. The molecule has 0 aliphatic carbocycles. The van der Waals surface area contributed by atoms with Crippen LogP contribution in [0.1, 0.15) is 29.2 Å². The number of anilines is 1. The Morgan fingerprint density at radius 2 is 1.71 bits per heavy atom. The van der Waals surface area contributed by atoms with Gasteiger partial charge in [-0.1, -0.05) is 36.4 Å². The van der Waals surface area contributed by atoms with E-state index >= 15 is 0 Å². The molecule has 0 spiro atoms. The highest BCUT2D eigenvalue weighted by Gasteiger charge is 2.30. The summed E-state index contributed by atoms with van der Waals surface area (Å²) >= 11 is 0. The molecule has 2 N–H and O–H groups in total. The molecule has 0 fully saturated rings. The van der Waals surface area contributed by atoms with E-state index in [2.05, 4.69) is 10.3 Å². The monoisotopic (exact) mass is 468 g/mol. The first-order valence-electron chi connectivity index (χ1n) is 10.5. The van der Waals surface area contributed by atoms with Gasteiger partial charge in [-0.3, -0.25) is 9.78 Å². The number of benzene rings is 2. The van der Waals surface area contributed by atoms with Crippen LogP contribution in [0.4, 0.5) is 18.9 Å². The molecule has 1 amide bonds. The number of carbonyl (C=O) groups excluding carboxylic acids is 1. The van der Waals surface area contributed by atoms with Crippen molar-refractivity contribution in [2.45, 2.75) is 19.7 Å². The molecule has 0 atom stereocenters. The third-order valence-electron chi connectivity index (χ3n) is 4.85. The van der Waals surface area contributed by atoms with Crippen molar-refractivity contribution in [2.75, 3.05) is 11.9 Å². The van der Waals surface area contributed by atoms with Crippen molar-refractivity contribution in [3.05, 3.63) is 107 Å². The largest absolute Gasteiger partial charge is 0.494 e. The predicted octanol–water partition coefficient (Wildman–Crippen LogP) is 5.62. The first-order valence-corrected chi connectivity index (χ1v) is 10.5. The number of aliphatic hydroxyl groups is 1. The Morgan fingerprint density at radius 1 is 1.06 bits per heavy atom. The second-order valence-electron chi connectivity index (χ2n) is 7.15. The van der Waals surface area contributed by atoms with Gasteiger partial charge in [0.15, 0.2) is 0 Å². The van der Waals surface area contributed by atoms with Crippen LogP contribution < -0.4 is 10.1 Å². The highest BCUT2D eigenvalue weighted by atomic mass is 19.4. The number of nitrogens with zero attached hydrogens (tertiary/aromatic N) is 1. The smallest absolute Gasteiger partial charge is 0.416 e. The maximum Gasteiger partial charge on any atom is 0.416 e. The van der Waals surface area contributed by atoms with E-state index in [1.165, 1.54) is 36.7 Å². The van der Waals surface area contributed by atoms with Crippen LogP contribution >= 0.6 is 0 Å². The summed E-state index contributed by atoms with van der Waals surface area (Å²) in [5.74, 6) is 0.224. The van der Waals surface area contributed by atoms with Gasteiger partial charge in [0.2, 0.25) is 5.91 Å². The number of hydrogen-bond donors (Lipinski definition) is 2. The molecule has 0 bridgehead atoms. The van der Waals surface area contributed by atoms with E-state index in [1.54, 1.807) is 36.4 Å². The summed E-state index contributed by atoms with van der Waals surface area (Å²) in [5.41, 5.74) is 2.08. The topological polar surface area (TPSA) is 71.5 Å². The zero-order valence-corrected chi connectivity index (χ0v) is 18.3. The lowest BCUT2D eigenvalue weighted by molar-refractivity contribution is -0.137. The summed E-state index contributed by atoms with van der Waals surface area (Å²) in [6, 6.07) is 13.5. The first kappa shape index (κ1) is 24.7. The van der Waals surface area contributed by atoms with Gasteiger partial charge in [-0.15, -0.1) is 0 Å². The van der Waals surface area contributed by atoms with Gasteiger partial charge in [-0.25, -0.2) is 0 Å². The molecule has 2 aromatic carbocycles. The SMILES string of the molecule is CCOc1ccc(/C(=C/C=C/C(=O)Nc2cnccc2CO)c2ccc(C(F)(F)F)cc2)cc1. The molecule has 0 aliphatic rings. The van der Waals surface area contributed by atoms with Gasteiger partial charge in [0.1, 0.15) is 5.75 Å². The van der Waals surface area contributed by atoms with Gasteiger partial charge in [0.25, 0.3) is 0 Å². The molecule has 0 radical (unpaired) electrons. The van der Waals surface area contributed by atoms with E-state index in [4.69, 9.17) is 4.74 Å². The Balaban J connectivity index is 1.88. The van der Waals surface area contributed by atoms with Crippen LogP contribution in [0.15, 0.2) is 85.2 Å². The standard InChI is InChI=1S/C26H23F3N2O3/c1-2-34-22-12-8-19(9-13-22)23(18-6-10-21(11-7-18)26(27,28)29)4-3-5-25(33)31-24-16-30-15-14-20(24)17-32/h3-16,32H,2,17H2,1H3,(H,31,33)/b5-3+,23-4+. The van der Waals surface area contributed by atoms with E-state index in [0.29, 0.717) is 34.7 Å². The van der Waals surface area contributed by atoms with Gasteiger partial charge >= 0.3 is 6.18 Å². The number of aliphatic hydroxyl groups excluding tert-OH is 1. The van der Waals surface area contributed by atoms with Crippen molar-refractivity contribution in [3.8, 4) is 5.75 Å². The zero-order valence-electron chi connectivity index (χ0n) is 18.3. The Labute approximate surface area is 195 Å². The van der Waals surface area contributed by atoms with E-state index in [9.17, 15) is 23.1 Å². The number of alkyl halides is 3. The van der Waals surface area contributed by atoms with Crippen LogP contribution in [0.3, 0.4) is 0 Å². The summed E-state index contributed by atoms with van der Waals surface area (Å²) in [6.07, 6.45) is 2.95. The molecule has 0 saturated heterocycles. The lowest BCUT2D eigenvalue weighted by Gasteiger charge is -2.12. The van der Waals surface area contributed by atoms with Crippen molar-refractivity contribution >= 4 is 17.2 Å². The highest BCUT2D eigenvalue weighted by Crippen LogP contribution is 2.32.